The number of piperazine rings is 1. The van der Waals surface area contributed by atoms with Crippen LogP contribution >= 0.6 is 0 Å². The first kappa shape index (κ1) is 14.2. The second-order valence-electron chi connectivity index (χ2n) is 5.73. The molecule has 0 amide bonds. The van der Waals surface area contributed by atoms with E-state index < -0.39 is 5.82 Å². The minimum absolute atomic E-state index is 0.0758. The Morgan fingerprint density at radius 3 is 2.95 bits per heavy atom. The van der Waals surface area contributed by atoms with E-state index in [1.807, 2.05) is 0 Å². The number of likely N-dealkylation sites (N-methyl/N-ethyl adjacent to an activating group) is 2. The first-order chi connectivity index (χ1) is 10.1. The van der Waals surface area contributed by atoms with E-state index in [1.165, 1.54) is 17.0 Å². The fourth-order valence-electron chi connectivity index (χ4n) is 2.82. The van der Waals surface area contributed by atoms with Gasteiger partial charge in [-0.15, -0.1) is 0 Å². The van der Waals surface area contributed by atoms with Crippen molar-refractivity contribution in [1.82, 2.24) is 19.4 Å². The van der Waals surface area contributed by atoms with Crippen molar-refractivity contribution >= 4 is 10.9 Å². The molecule has 0 unspecified atom stereocenters. The zero-order valence-electron chi connectivity index (χ0n) is 12.3. The molecule has 1 aromatic heterocycles. The molecule has 1 aliphatic rings. The molecule has 1 aliphatic heterocycles. The third kappa shape index (κ3) is 2.69. The maximum absolute atomic E-state index is 13.9. The Kier molecular flexibility index (Phi) is 3.73. The van der Waals surface area contributed by atoms with Gasteiger partial charge in [-0.2, -0.15) is 0 Å². The number of nitrogens with zero attached hydrogens (tertiary/aromatic N) is 4. The van der Waals surface area contributed by atoms with Gasteiger partial charge in [0.1, 0.15) is 11.2 Å². The van der Waals surface area contributed by atoms with Crippen LogP contribution in [0, 0.1) is 5.82 Å². The van der Waals surface area contributed by atoms with Gasteiger partial charge in [0.15, 0.2) is 0 Å². The quantitative estimate of drug-likeness (QED) is 0.820. The van der Waals surface area contributed by atoms with Crippen LogP contribution in [0.3, 0.4) is 0 Å². The number of fused-ring (bicyclic) bond motifs is 1. The summed E-state index contributed by atoms with van der Waals surface area (Å²) in [6.45, 7) is 3.40. The Hall–Kier alpha value is -1.79. The molecule has 0 radical (unpaired) electrons. The summed E-state index contributed by atoms with van der Waals surface area (Å²) in [6, 6.07) is 4.76. The van der Waals surface area contributed by atoms with Crippen LogP contribution in [-0.2, 0) is 6.54 Å². The molecule has 6 heteroatoms. The number of benzene rings is 1. The molecule has 0 N–H and O–H groups in total. The van der Waals surface area contributed by atoms with Crippen molar-refractivity contribution in [3.05, 3.63) is 40.7 Å². The highest BCUT2D eigenvalue weighted by molar-refractivity contribution is 5.77. The zero-order chi connectivity index (χ0) is 15.0. The van der Waals surface area contributed by atoms with Gasteiger partial charge >= 0.3 is 0 Å². The molecule has 0 aliphatic carbocycles. The molecule has 2 heterocycles. The average Bonchev–Trinajstić information content (AvgIpc) is 2.46. The fourth-order valence-corrected chi connectivity index (χ4v) is 2.82. The van der Waals surface area contributed by atoms with Crippen molar-refractivity contribution in [2.45, 2.75) is 12.6 Å². The van der Waals surface area contributed by atoms with Crippen molar-refractivity contribution < 1.29 is 4.39 Å². The fraction of sp³-hybridized carbons (Fsp3) is 0.467. The van der Waals surface area contributed by atoms with Crippen LogP contribution in [-0.4, -0.2) is 59.1 Å². The van der Waals surface area contributed by atoms with Crippen LogP contribution in [0.4, 0.5) is 4.39 Å². The van der Waals surface area contributed by atoms with Gasteiger partial charge in [0.25, 0.3) is 5.56 Å². The van der Waals surface area contributed by atoms with E-state index in [0.717, 1.165) is 19.6 Å². The number of rotatable bonds is 2. The maximum atomic E-state index is 13.9. The summed E-state index contributed by atoms with van der Waals surface area (Å²) in [6.07, 6.45) is 1.52. The Morgan fingerprint density at radius 1 is 1.33 bits per heavy atom. The lowest BCUT2D eigenvalue weighted by Crippen LogP contribution is -2.52. The van der Waals surface area contributed by atoms with Crippen LogP contribution in [0.1, 0.15) is 0 Å². The van der Waals surface area contributed by atoms with Gasteiger partial charge in [0.2, 0.25) is 0 Å². The molecular weight excluding hydrogens is 271 g/mol. The molecule has 2 aromatic rings. The summed E-state index contributed by atoms with van der Waals surface area (Å²) in [5.74, 6) is -0.506. The molecule has 1 atom stereocenters. The minimum Gasteiger partial charge on any atom is -0.303 e. The molecule has 1 aromatic carbocycles. The summed E-state index contributed by atoms with van der Waals surface area (Å²) >= 11 is 0. The topological polar surface area (TPSA) is 41.4 Å². The first-order valence-corrected chi connectivity index (χ1v) is 7.08. The van der Waals surface area contributed by atoms with Gasteiger partial charge in [-0.3, -0.25) is 14.3 Å². The van der Waals surface area contributed by atoms with Gasteiger partial charge in [0, 0.05) is 32.2 Å². The van der Waals surface area contributed by atoms with Crippen LogP contribution < -0.4 is 5.56 Å². The monoisotopic (exact) mass is 290 g/mol. The van der Waals surface area contributed by atoms with Crippen LogP contribution in [0.25, 0.3) is 10.9 Å². The van der Waals surface area contributed by atoms with Gasteiger partial charge in [-0.1, -0.05) is 6.07 Å². The molecular formula is C15H19FN4O. The molecule has 0 spiro atoms. The van der Waals surface area contributed by atoms with Gasteiger partial charge in [-0.05, 0) is 26.2 Å². The summed E-state index contributed by atoms with van der Waals surface area (Å²) < 4.78 is 15.4. The van der Waals surface area contributed by atoms with Gasteiger partial charge in [0.05, 0.1) is 11.8 Å². The number of hydrogen-bond donors (Lipinski definition) is 0. The third-order valence-corrected chi connectivity index (χ3v) is 4.19. The highest BCUT2D eigenvalue weighted by Gasteiger charge is 2.23. The highest BCUT2D eigenvalue weighted by Crippen LogP contribution is 2.12. The summed E-state index contributed by atoms with van der Waals surface area (Å²) in [5.41, 5.74) is 0.102. The van der Waals surface area contributed by atoms with E-state index in [1.54, 1.807) is 12.1 Å². The lowest BCUT2D eigenvalue weighted by Gasteiger charge is -2.37. The maximum Gasteiger partial charge on any atom is 0.264 e. The Bertz CT molecular complexity index is 714. The Balaban J connectivity index is 1.96. The Labute approximate surface area is 122 Å². The molecule has 21 heavy (non-hydrogen) atoms. The smallest absolute Gasteiger partial charge is 0.264 e. The molecule has 0 bridgehead atoms. The van der Waals surface area contributed by atoms with E-state index in [0.29, 0.717) is 12.1 Å². The van der Waals surface area contributed by atoms with Crippen molar-refractivity contribution in [2.24, 2.45) is 0 Å². The molecule has 1 saturated heterocycles. The SMILES string of the molecule is CN1CCN(C)[C@@H](Cn2cnc3cccc(F)c3c2=O)C1. The van der Waals surface area contributed by atoms with E-state index >= 15 is 0 Å². The van der Waals surface area contributed by atoms with E-state index in [-0.39, 0.29) is 17.0 Å². The third-order valence-electron chi connectivity index (χ3n) is 4.19. The minimum atomic E-state index is -0.506. The molecule has 1 fully saturated rings. The second-order valence-corrected chi connectivity index (χ2v) is 5.73. The largest absolute Gasteiger partial charge is 0.303 e. The average molecular weight is 290 g/mol. The van der Waals surface area contributed by atoms with Crippen molar-refractivity contribution in [3.63, 3.8) is 0 Å². The van der Waals surface area contributed by atoms with Crippen LogP contribution in [0.2, 0.25) is 0 Å². The number of hydrogen-bond acceptors (Lipinski definition) is 4. The molecule has 112 valence electrons. The summed E-state index contributed by atoms with van der Waals surface area (Å²) in [4.78, 5) is 21.1. The van der Waals surface area contributed by atoms with Crippen molar-refractivity contribution in [2.75, 3.05) is 33.7 Å². The number of aromatic nitrogens is 2. The normalized spacial score (nSPS) is 21.0. The predicted molar refractivity (Wildman–Crippen MR) is 79.9 cm³/mol. The predicted octanol–water partition coefficient (Wildman–Crippen LogP) is 0.781. The Morgan fingerprint density at radius 2 is 2.14 bits per heavy atom. The van der Waals surface area contributed by atoms with E-state index in [9.17, 15) is 9.18 Å². The summed E-state index contributed by atoms with van der Waals surface area (Å²) in [7, 11) is 4.12. The van der Waals surface area contributed by atoms with Gasteiger partial charge in [-0.25, -0.2) is 9.37 Å². The molecule has 5 nitrogen and oxygen atoms in total. The molecule has 0 saturated carbocycles. The highest BCUT2D eigenvalue weighted by atomic mass is 19.1. The first-order valence-electron chi connectivity index (χ1n) is 7.08. The van der Waals surface area contributed by atoms with Crippen LogP contribution in [0.5, 0.6) is 0 Å². The van der Waals surface area contributed by atoms with Crippen molar-refractivity contribution in [1.29, 1.82) is 0 Å². The summed E-state index contributed by atoms with van der Waals surface area (Å²) in [5, 5.41) is 0.0758. The zero-order valence-corrected chi connectivity index (χ0v) is 12.3. The molecule has 3 rings (SSSR count). The second kappa shape index (κ2) is 5.54. The lowest BCUT2D eigenvalue weighted by atomic mass is 10.2. The number of halogens is 1. The lowest BCUT2D eigenvalue weighted by molar-refractivity contribution is 0.102. The van der Waals surface area contributed by atoms with Gasteiger partial charge < -0.3 is 4.90 Å². The standard InChI is InChI=1S/C15H19FN4O/c1-18-6-7-19(2)11(8-18)9-20-10-17-13-5-3-4-12(16)14(13)15(20)21/h3-5,10-11H,6-9H2,1-2H3/t11-/m1/s1. The van der Waals surface area contributed by atoms with E-state index in [2.05, 4.69) is 28.9 Å². The van der Waals surface area contributed by atoms with Crippen molar-refractivity contribution in [3.8, 4) is 0 Å². The van der Waals surface area contributed by atoms with Crippen LogP contribution in [0.15, 0.2) is 29.3 Å². The van der Waals surface area contributed by atoms with E-state index in [4.69, 9.17) is 0 Å².